The minimum atomic E-state index is -4.68. The molecule has 21 heavy (non-hydrogen) atoms. The summed E-state index contributed by atoms with van der Waals surface area (Å²) in [5.41, 5.74) is -1.10. The first-order chi connectivity index (χ1) is 9.72. The highest BCUT2D eigenvalue weighted by Gasteiger charge is 2.37. The molecular weight excluding hydrogens is 303 g/mol. The van der Waals surface area contributed by atoms with Crippen molar-refractivity contribution in [2.75, 3.05) is 12.3 Å². The fraction of sp³-hybridized carbons (Fsp3) is 0.571. The van der Waals surface area contributed by atoms with Gasteiger partial charge in [-0.3, -0.25) is 0 Å². The van der Waals surface area contributed by atoms with Crippen LogP contribution in [0.15, 0.2) is 29.2 Å². The van der Waals surface area contributed by atoms with Crippen molar-refractivity contribution in [2.24, 2.45) is 0 Å². The molecule has 0 spiro atoms. The normalized spacial score (nSPS) is 14.1. The lowest BCUT2D eigenvalue weighted by molar-refractivity contribution is -0.139. The molecule has 0 saturated heterocycles. The van der Waals surface area contributed by atoms with E-state index in [0.29, 0.717) is 13.0 Å². The van der Waals surface area contributed by atoms with Crippen molar-refractivity contribution in [3.8, 4) is 0 Å². The fourth-order valence-corrected chi connectivity index (χ4v) is 3.86. The quantitative estimate of drug-likeness (QED) is 0.838. The highest BCUT2D eigenvalue weighted by molar-refractivity contribution is 7.91. The van der Waals surface area contributed by atoms with Gasteiger partial charge in [0.1, 0.15) is 0 Å². The van der Waals surface area contributed by atoms with Gasteiger partial charge in [-0.15, -0.1) is 0 Å². The summed E-state index contributed by atoms with van der Waals surface area (Å²) in [5.74, 6) is -0.337. The van der Waals surface area contributed by atoms with Crippen molar-refractivity contribution >= 4 is 9.84 Å². The number of benzene rings is 1. The van der Waals surface area contributed by atoms with Gasteiger partial charge in [-0.2, -0.15) is 13.2 Å². The summed E-state index contributed by atoms with van der Waals surface area (Å²) in [6.07, 6.45) is -3.31. The molecule has 3 nitrogen and oxygen atoms in total. The number of sulfone groups is 1. The van der Waals surface area contributed by atoms with Crippen molar-refractivity contribution in [3.05, 3.63) is 29.8 Å². The van der Waals surface area contributed by atoms with Gasteiger partial charge in [0, 0.05) is 6.04 Å². The molecule has 0 radical (unpaired) electrons. The van der Waals surface area contributed by atoms with Crippen molar-refractivity contribution in [1.82, 2.24) is 5.32 Å². The number of nitrogens with one attached hydrogen (secondary N) is 1. The van der Waals surface area contributed by atoms with Crippen molar-refractivity contribution in [3.63, 3.8) is 0 Å². The molecule has 0 heterocycles. The zero-order chi connectivity index (χ0) is 16.1. The monoisotopic (exact) mass is 323 g/mol. The molecule has 0 fully saturated rings. The second-order valence-corrected chi connectivity index (χ2v) is 6.84. The first kappa shape index (κ1) is 18.0. The van der Waals surface area contributed by atoms with Crippen LogP contribution in [0.4, 0.5) is 13.2 Å². The molecule has 0 aliphatic carbocycles. The lowest BCUT2D eigenvalue weighted by Gasteiger charge is -2.18. The summed E-state index contributed by atoms with van der Waals surface area (Å²) in [6.45, 7) is 4.38. The molecule has 0 bridgehead atoms. The average Bonchev–Trinajstić information content (AvgIpc) is 2.42. The lowest BCUT2D eigenvalue weighted by Crippen LogP contribution is -2.36. The summed E-state index contributed by atoms with van der Waals surface area (Å²) >= 11 is 0. The summed E-state index contributed by atoms with van der Waals surface area (Å²) in [4.78, 5) is -0.644. The fourth-order valence-electron chi connectivity index (χ4n) is 2.00. The third-order valence-electron chi connectivity index (χ3n) is 3.12. The first-order valence-corrected chi connectivity index (χ1v) is 8.50. The molecule has 1 unspecified atom stereocenters. The number of halogens is 3. The lowest BCUT2D eigenvalue weighted by atomic mass is 10.2. The topological polar surface area (TPSA) is 46.2 Å². The zero-order valence-corrected chi connectivity index (χ0v) is 12.9. The first-order valence-electron chi connectivity index (χ1n) is 6.84. The Labute approximate surface area is 123 Å². The third kappa shape index (κ3) is 5.00. The van der Waals surface area contributed by atoms with Gasteiger partial charge in [0.2, 0.25) is 0 Å². The largest absolute Gasteiger partial charge is 0.417 e. The molecule has 0 aliphatic heterocycles. The standard InChI is InChI=1S/C14H20F3NO2S/c1-3-9-18-11(4-2)10-21(19,20)13-8-6-5-7-12(13)14(15,16)17/h5-8,11,18H,3-4,9-10H2,1-2H3. The molecule has 1 atom stereocenters. The van der Waals surface area contributed by atoms with E-state index in [4.69, 9.17) is 0 Å². The van der Waals surface area contributed by atoms with E-state index in [0.717, 1.165) is 18.6 Å². The van der Waals surface area contributed by atoms with Gasteiger partial charge in [0.25, 0.3) is 0 Å². The molecule has 120 valence electrons. The molecule has 1 aromatic rings. The van der Waals surface area contributed by atoms with Crippen molar-refractivity contribution < 1.29 is 21.6 Å². The molecular formula is C14H20F3NO2S. The van der Waals surface area contributed by atoms with E-state index in [1.807, 2.05) is 6.92 Å². The van der Waals surface area contributed by atoms with Gasteiger partial charge >= 0.3 is 6.18 Å². The van der Waals surface area contributed by atoms with E-state index in [-0.39, 0.29) is 11.8 Å². The van der Waals surface area contributed by atoms with Crippen LogP contribution < -0.4 is 5.32 Å². The number of hydrogen-bond donors (Lipinski definition) is 1. The highest BCUT2D eigenvalue weighted by Crippen LogP contribution is 2.34. The Morgan fingerprint density at radius 2 is 1.81 bits per heavy atom. The Kier molecular flexibility index (Phi) is 6.22. The Hall–Kier alpha value is -1.08. The van der Waals surface area contributed by atoms with Crippen LogP contribution in [0.5, 0.6) is 0 Å². The average molecular weight is 323 g/mol. The number of rotatable bonds is 7. The maximum Gasteiger partial charge on any atom is 0.417 e. The molecule has 0 saturated carbocycles. The van der Waals surface area contributed by atoms with E-state index in [9.17, 15) is 21.6 Å². The zero-order valence-electron chi connectivity index (χ0n) is 12.1. The maximum absolute atomic E-state index is 12.9. The molecule has 0 amide bonds. The van der Waals surface area contributed by atoms with Gasteiger partial charge in [-0.05, 0) is 31.5 Å². The predicted octanol–water partition coefficient (Wildman–Crippen LogP) is 3.26. The Bertz CT molecular complexity index is 556. The second kappa shape index (κ2) is 7.26. The smallest absolute Gasteiger partial charge is 0.313 e. The molecule has 1 N–H and O–H groups in total. The van der Waals surface area contributed by atoms with Crippen LogP contribution in [-0.4, -0.2) is 26.8 Å². The molecule has 0 aliphatic rings. The van der Waals surface area contributed by atoms with Gasteiger partial charge in [-0.25, -0.2) is 8.42 Å². The van der Waals surface area contributed by atoms with E-state index < -0.39 is 26.5 Å². The minimum Gasteiger partial charge on any atom is -0.313 e. The summed E-state index contributed by atoms with van der Waals surface area (Å²) in [5, 5.41) is 3.04. The highest BCUT2D eigenvalue weighted by atomic mass is 32.2. The predicted molar refractivity (Wildman–Crippen MR) is 75.9 cm³/mol. The van der Waals surface area contributed by atoms with E-state index in [2.05, 4.69) is 5.32 Å². The van der Waals surface area contributed by atoms with Gasteiger partial charge < -0.3 is 5.32 Å². The van der Waals surface area contributed by atoms with Gasteiger partial charge in [0.15, 0.2) is 9.84 Å². The minimum absolute atomic E-state index is 0.337. The Morgan fingerprint density at radius 3 is 2.33 bits per heavy atom. The second-order valence-electron chi connectivity index (χ2n) is 4.83. The Balaban J connectivity index is 3.08. The molecule has 7 heteroatoms. The molecule has 1 aromatic carbocycles. The van der Waals surface area contributed by atoms with Crippen LogP contribution in [0.1, 0.15) is 32.3 Å². The maximum atomic E-state index is 12.9. The molecule has 1 rings (SSSR count). The van der Waals surface area contributed by atoms with E-state index in [1.54, 1.807) is 6.92 Å². The Morgan fingerprint density at radius 1 is 1.19 bits per heavy atom. The van der Waals surface area contributed by atoms with Crippen LogP contribution in [0.3, 0.4) is 0 Å². The number of hydrogen-bond acceptors (Lipinski definition) is 3. The summed E-state index contributed by atoms with van der Waals surface area (Å²) in [7, 11) is -4.00. The third-order valence-corrected chi connectivity index (χ3v) is 4.99. The van der Waals surface area contributed by atoms with E-state index in [1.165, 1.54) is 12.1 Å². The summed E-state index contributed by atoms with van der Waals surface area (Å²) < 4.78 is 63.3. The number of alkyl halides is 3. The van der Waals surface area contributed by atoms with Crippen molar-refractivity contribution in [2.45, 2.75) is 43.8 Å². The van der Waals surface area contributed by atoms with Crippen LogP contribution in [-0.2, 0) is 16.0 Å². The van der Waals surface area contributed by atoms with Crippen molar-refractivity contribution in [1.29, 1.82) is 0 Å². The van der Waals surface area contributed by atoms with Gasteiger partial charge in [-0.1, -0.05) is 26.0 Å². The van der Waals surface area contributed by atoms with Crippen LogP contribution >= 0.6 is 0 Å². The molecule has 0 aromatic heterocycles. The van der Waals surface area contributed by atoms with E-state index >= 15 is 0 Å². The summed E-state index contributed by atoms with van der Waals surface area (Å²) in [6, 6.07) is 3.96. The SMILES string of the molecule is CCCNC(CC)CS(=O)(=O)c1ccccc1C(F)(F)F. The van der Waals surface area contributed by atoms with Crippen LogP contribution in [0.25, 0.3) is 0 Å². The van der Waals surface area contributed by atoms with Gasteiger partial charge in [0.05, 0.1) is 16.2 Å². The van der Waals surface area contributed by atoms with Crippen LogP contribution in [0, 0.1) is 0 Å². The van der Waals surface area contributed by atoms with Crippen LogP contribution in [0.2, 0.25) is 0 Å².